The summed E-state index contributed by atoms with van der Waals surface area (Å²) in [6, 6.07) is 9.33. The topological polar surface area (TPSA) is 35.5 Å². The summed E-state index contributed by atoms with van der Waals surface area (Å²) in [5.74, 6) is 1.20. The second kappa shape index (κ2) is 6.43. The van der Waals surface area contributed by atoms with E-state index in [9.17, 15) is 4.79 Å². The smallest absolute Gasteiger partial charge is 0.344 e. The molecule has 0 N–H and O–H groups in total. The zero-order valence-electron chi connectivity index (χ0n) is 10.8. The Kier molecular flexibility index (Phi) is 4.62. The van der Waals surface area contributed by atoms with Crippen LogP contribution in [0.1, 0.15) is 32.6 Å². The summed E-state index contributed by atoms with van der Waals surface area (Å²) in [6.45, 7) is 2.24. The van der Waals surface area contributed by atoms with Crippen molar-refractivity contribution in [3.05, 3.63) is 30.3 Å². The van der Waals surface area contributed by atoms with Gasteiger partial charge in [0.2, 0.25) is 0 Å². The summed E-state index contributed by atoms with van der Waals surface area (Å²) in [5.41, 5.74) is 0. The highest BCUT2D eigenvalue weighted by Gasteiger charge is 2.21. The first kappa shape index (κ1) is 12.9. The maximum Gasteiger partial charge on any atom is 0.344 e. The Morgan fingerprint density at radius 1 is 1.17 bits per heavy atom. The van der Waals surface area contributed by atoms with Crippen molar-refractivity contribution in [2.75, 3.05) is 6.61 Å². The number of esters is 1. The summed E-state index contributed by atoms with van der Waals surface area (Å²) in [5, 5.41) is 0. The molecule has 0 aromatic heterocycles. The zero-order chi connectivity index (χ0) is 12.8. The van der Waals surface area contributed by atoms with Gasteiger partial charge in [-0.1, -0.05) is 25.1 Å². The first-order chi connectivity index (χ1) is 8.74. The number of para-hydroxylation sites is 1. The van der Waals surface area contributed by atoms with Gasteiger partial charge in [-0.2, -0.15) is 0 Å². The van der Waals surface area contributed by atoms with Crippen LogP contribution in [0.4, 0.5) is 0 Å². The molecule has 1 saturated carbocycles. The minimum Gasteiger partial charge on any atom is -0.482 e. The van der Waals surface area contributed by atoms with E-state index in [0.717, 1.165) is 31.6 Å². The van der Waals surface area contributed by atoms with Gasteiger partial charge in [-0.25, -0.2) is 4.79 Å². The van der Waals surface area contributed by atoms with Crippen molar-refractivity contribution < 1.29 is 14.3 Å². The van der Waals surface area contributed by atoms with Gasteiger partial charge < -0.3 is 9.47 Å². The van der Waals surface area contributed by atoms with Crippen LogP contribution in [0, 0.1) is 5.92 Å². The van der Waals surface area contributed by atoms with Crippen LogP contribution in [-0.2, 0) is 9.53 Å². The average Bonchev–Trinajstić information content (AvgIpc) is 2.40. The van der Waals surface area contributed by atoms with Gasteiger partial charge in [-0.3, -0.25) is 0 Å². The lowest BCUT2D eigenvalue weighted by atomic mass is 9.89. The minimum absolute atomic E-state index is 0.00390. The standard InChI is InChI=1S/C15H20O3/c1-12-7-9-14(10-8-12)18-15(16)11-17-13-5-3-2-4-6-13/h2-6,12,14H,7-11H2,1H3. The SMILES string of the molecule is CC1CCC(OC(=O)COc2ccccc2)CC1. The summed E-state index contributed by atoms with van der Waals surface area (Å²) in [6.07, 6.45) is 4.36. The quantitative estimate of drug-likeness (QED) is 0.768. The highest BCUT2D eigenvalue weighted by molar-refractivity contribution is 5.71. The highest BCUT2D eigenvalue weighted by Crippen LogP contribution is 2.25. The fourth-order valence-electron chi connectivity index (χ4n) is 2.23. The molecule has 0 unspecified atom stereocenters. The number of carbonyl (C=O) groups excluding carboxylic acids is 1. The Morgan fingerprint density at radius 3 is 2.50 bits per heavy atom. The van der Waals surface area contributed by atoms with E-state index in [1.807, 2.05) is 30.3 Å². The molecule has 18 heavy (non-hydrogen) atoms. The predicted molar refractivity (Wildman–Crippen MR) is 69.4 cm³/mol. The first-order valence-corrected chi connectivity index (χ1v) is 6.61. The molecule has 3 heteroatoms. The molecule has 1 aromatic rings. The van der Waals surface area contributed by atoms with Crippen molar-refractivity contribution >= 4 is 5.97 Å². The molecule has 0 aliphatic heterocycles. The van der Waals surface area contributed by atoms with E-state index >= 15 is 0 Å². The van der Waals surface area contributed by atoms with Crippen molar-refractivity contribution in [2.24, 2.45) is 5.92 Å². The second-order valence-electron chi connectivity index (χ2n) is 4.97. The maximum atomic E-state index is 11.6. The van der Waals surface area contributed by atoms with E-state index in [1.54, 1.807) is 0 Å². The van der Waals surface area contributed by atoms with Crippen LogP contribution in [0.15, 0.2) is 30.3 Å². The Labute approximate surface area is 108 Å². The van der Waals surface area contributed by atoms with E-state index < -0.39 is 0 Å². The molecule has 0 bridgehead atoms. The summed E-state index contributed by atoms with van der Waals surface area (Å²) in [4.78, 5) is 11.6. The Hall–Kier alpha value is -1.51. The lowest BCUT2D eigenvalue weighted by Crippen LogP contribution is -2.26. The van der Waals surface area contributed by atoms with Gasteiger partial charge in [0.1, 0.15) is 11.9 Å². The van der Waals surface area contributed by atoms with Crippen LogP contribution in [0.2, 0.25) is 0 Å². The van der Waals surface area contributed by atoms with Crippen molar-refractivity contribution in [1.82, 2.24) is 0 Å². The lowest BCUT2D eigenvalue weighted by molar-refractivity contribution is -0.153. The van der Waals surface area contributed by atoms with E-state index in [2.05, 4.69) is 6.92 Å². The number of ether oxygens (including phenoxy) is 2. The molecule has 0 amide bonds. The van der Waals surface area contributed by atoms with Gasteiger partial charge in [-0.05, 0) is 43.7 Å². The molecule has 3 nitrogen and oxygen atoms in total. The van der Waals surface area contributed by atoms with E-state index in [4.69, 9.17) is 9.47 Å². The monoisotopic (exact) mass is 248 g/mol. The molecule has 0 radical (unpaired) electrons. The molecule has 1 aliphatic carbocycles. The van der Waals surface area contributed by atoms with Crippen LogP contribution in [0.3, 0.4) is 0 Å². The summed E-state index contributed by atoms with van der Waals surface area (Å²) in [7, 11) is 0. The fraction of sp³-hybridized carbons (Fsp3) is 0.533. The van der Waals surface area contributed by atoms with Crippen LogP contribution < -0.4 is 4.74 Å². The van der Waals surface area contributed by atoms with E-state index in [0.29, 0.717) is 5.75 Å². The zero-order valence-corrected chi connectivity index (χ0v) is 10.8. The molecule has 0 spiro atoms. The third-order valence-electron chi connectivity index (χ3n) is 3.36. The number of hydrogen-bond donors (Lipinski definition) is 0. The van der Waals surface area contributed by atoms with Crippen LogP contribution in [0.5, 0.6) is 5.75 Å². The third kappa shape index (κ3) is 4.06. The van der Waals surface area contributed by atoms with Gasteiger partial charge in [0.15, 0.2) is 6.61 Å². The predicted octanol–water partition coefficient (Wildman–Crippen LogP) is 3.19. The second-order valence-corrected chi connectivity index (χ2v) is 4.97. The molecule has 2 rings (SSSR count). The average molecular weight is 248 g/mol. The molecule has 0 heterocycles. The van der Waals surface area contributed by atoms with Gasteiger partial charge in [0.25, 0.3) is 0 Å². The van der Waals surface area contributed by atoms with Crippen molar-refractivity contribution in [3.63, 3.8) is 0 Å². The summed E-state index contributed by atoms with van der Waals surface area (Å²) >= 11 is 0. The number of benzene rings is 1. The Bertz CT molecular complexity index is 367. The van der Waals surface area contributed by atoms with Crippen molar-refractivity contribution in [2.45, 2.75) is 38.7 Å². The summed E-state index contributed by atoms with van der Waals surface area (Å²) < 4.78 is 10.8. The highest BCUT2D eigenvalue weighted by atomic mass is 16.6. The van der Waals surface area contributed by atoms with Gasteiger partial charge in [0, 0.05) is 0 Å². The van der Waals surface area contributed by atoms with Crippen LogP contribution in [0.25, 0.3) is 0 Å². The third-order valence-corrected chi connectivity index (χ3v) is 3.36. The van der Waals surface area contributed by atoms with Gasteiger partial charge in [-0.15, -0.1) is 0 Å². The molecule has 1 aliphatic rings. The molecule has 98 valence electrons. The Balaban J connectivity index is 1.69. The number of carbonyl (C=O) groups is 1. The number of rotatable bonds is 4. The van der Waals surface area contributed by atoms with Crippen molar-refractivity contribution in [1.29, 1.82) is 0 Å². The molecule has 0 saturated heterocycles. The van der Waals surface area contributed by atoms with Gasteiger partial charge >= 0.3 is 5.97 Å². The molecular weight excluding hydrogens is 228 g/mol. The van der Waals surface area contributed by atoms with Crippen LogP contribution >= 0.6 is 0 Å². The lowest BCUT2D eigenvalue weighted by Gasteiger charge is -2.25. The Morgan fingerprint density at radius 2 is 1.83 bits per heavy atom. The fourth-order valence-corrected chi connectivity index (χ4v) is 2.23. The van der Waals surface area contributed by atoms with Crippen molar-refractivity contribution in [3.8, 4) is 5.75 Å². The van der Waals surface area contributed by atoms with E-state index in [-0.39, 0.29) is 18.7 Å². The molecule has 0 atom stereocenters. The first-order valence-electron chi connectivity index (χ1n) is 6.61. The maximum absolute atomic E-state index is 11.6. The molecule has 1 aromatic carbocycles. The molecule has 1 fully saturated rings. The van der Waals surface area contributed by atoms with Crippen LogP contribution in [-0.4, -0.2) is 18.7 Å². The molecular formula is C15H20O3. The minimum atomic E-state index is -0.265. The largest absolute Gasteiger partial charge is 0.482 e. The number of hydrogen-bond acceptors (Lipinski definition) is 3. The van der Waals surface area contributed by atoms with E-state index in [1.165, 1.54) is 0 Å². The van der Waals surface area contributed by atoms with Gasteiger partial charge in [0.05, 0.1) is 0 Å². The normalized spacial score (nSPS) is 23.4.